The number of carboxylic acids is 2. The van der Waals surface area contributed by atoms with Gasteiger partial charge >= 0.3 is 11.9 Å². The smallest absolute Gasteiger partial charge is 0.335 e. The van der Waals surface area contributed by atoms with Gasteiger partial charge in [0.25, 0.3) is 0 Å². The molecule has 0 fully saturated rings. The Morgan fingerprint density at radius 1 is 0.702 bits per heavy atom. The van der Waals surface area contributed by atoms with Crippen LogP contribution in [0.25, 0.3) is 50.9 Å². The minimum absolute atomic E-state index is 0.0589. The van der Waals surface area contributed by atoms with Gasteiger partial charge in [-0.3, -0.25) is 4.98 Å². The number of nitrogens with zero attached hydrogens (tertiary/aromatic N) is 2. The van der Waals surface area contributed by atoms with E-state index >= 15 is 0 Å². The summed E-state index contributed by atoms with van der Waals surface area (Å²) in [6, 6.07) is 14.4. The Hall–Kier alpha value is -5.84. The first-order valence-corrected chi connectivity index (χ1v) is 20.0. The fourth-order valence-corrected chi connectivity index (χ4v) is 7.63. The standard InChI is InChI=1S/C47H52N4O6/c1-5-8-10-12-14-32-34-22-23-36(48-34)33(15-13-11-9-6-2)42-44(52)45(53)43(51-42)40(28(4)16-17-29(7-3)46(54)55)37-26-27-39(50-37)41(38-25-24-35(32)49-38)30-18-20-31(21-19-30)47(56)57/h7,16-27,44-45,48,50,52-53H,4-6,8-15H2,1-3H3,(H,54,55)(H,56,57)/b17-16-,29-7+,34-32?,35-32?,36-33?,40-37?,41-38?,41-39?,42-33?,43-40?/t44-,45+/m0/s1. The normalized spacial score (nSPS) is 15.4. The number of carbonyl (C=O) groups is 2. The van der Waals surface area contributed by atoms with E-state index in [1.807, 2.05) is 30.4 Å². The van der Waals surface area contributed by atoms with Crippen LogP contribution in [0.4, 0.5) is 0 Å². The number of aromatic amines is 2. The maximum absolute atomic E-state index is 11.9. The number of hydrogen-bond donors (Lipinski definition) is 6. The number of carboxylic acid groups (broad SMARTS) is 2. The first kappa shape index (κ1) is 40.8. The van der Waals surface area contributed by atoms with Crippen LogP contribution < -0.4 is 0 Å². The van der Waals surface area contributed by atoms with Crippen LogP contribution in [0.5, 0.6) is 0 Å². The lowest BCUT2D eigenvalue weighted by atomic mass is 9.98. The quantitative estimate of drug-likeness (QED) is 0.0327. The summed E-state index contributed by atoms with van der Waals surface area (Å²) < 4.78 is 0. The van der Waals surface area contributed by atoms with Gasteiger partial charge in [0.2, 0.25) is 0 Å². The van der Waals surface area contributed by atoms with Crippen molar-refractivity contribution in [3.63, 3.8) is 0 Å². The lowest BCUT2D eigenvalue weighted by Crippen LogP contribution is -2.07. The molecule has 0 radical (unpaired) electrons. The fraction of sp³-hybridized carbons (Fsp3) is 0.319. The SMILES string of the molecule is C=C(/C=C\C(=C/C)C(=O)O)c1c2nc(c(CCCCCC)c3ccc([nH]3)c(CCCCCC)c3nc(c(-c4ccc(C(=O)O)cc4)c4ccc1[nH]4)C=C3)[C@H](O)[C@@H]2O. The lowest BCUT2D eigenvalue weighted by Gasteiger charge is -2.13. The number of unbranched alkanes of at least 4 members (excludes halogenated alkanes) is 6. The van der Waals surface area contributed by atoms with Crippen LogP contribution in [0.2, 0.25) is 0 Å². The van der Waals surface area contributed by atoms with E-state index in [4.69, 9.17) is 9.97 Å². The maximum atomic E-state index is 11.9. The molecule has 2 aliphatic rings. The number of allylic oxidation sites excluding steroid dienone is 3. The van der Waals surface area contributed by atoms with E-state index in [0.29, 0.717) is 40.0 Å². The third kappa shape index (κ3) is 8.93. The number of aliphatic hydroxyl groups is 2. The highest BCUT2D eigenvalue weighted by Gasteiger charge is 2.34. The number of aryl methyl sites for hydroxylation is 2. The van der Waals surface area contributed by atoms with Crippen molar-refractivity contribution in [2.24, 2.45) is 0 Å². The van der Waals surface area contributed by atoms with E-state index in [1.165, 1.54) is 12.2 Å². The second-order valence-corrected chi connectivity index (χ2v) is 14.7. The number of fused-ring (bicyclic) bond motifs is 8. The number of benzene rings is 1. The van der Waals surface area contributed by atoms with E-state index in [9.17, 15) is 30.0 Å². The van der Waals surface area contributed by atoms with Crippen LogP contribution in [-0.4, -0.2) is 52.3 Å². The number of aromatic nitrogens is 4. The molecule has 0 spiro atoms. The van der Waals surface area contributed by atoms with Gasteiger partial charge in [-0.1, -0.05) is 83.2 Å². The molecule has 10 heteroatoms. The molecule has 2 atom stereocenters. The number of aliphatic carboxylic acids is 1. The molecule has 8 bridgehead atoms. The zero-order chi connectivity index (χ0) is 40.6. The highest BCUT2D eigenvalue weighted by molar-refractivity contribution is 5.95. The monoisotopic (exact) mass is 768 g/mol. The largest absolute Gasteiger partial charge is 0.478 e. The number of H-pyrrole nitrogens is 2. The highest BCUT2D eigenvalue weighted by atomic mass is 16.4. The van der Waals surface area contributed by atoms with Crippen molar-refractivity contribution in [3.8, 4) is 11.1 Å². The molecule has 3 aromatic heterocycles. The van der Waals surface area contributed by atoms with Gasteiger partial charge in [-0.2, -0.15) is 0 Å². The van der Waals surface area contributed by atoms with Crippen LogP contribution in [0.15, 0.2) is 78.9 Å². The van der Waals surface area contributed by atoms with Crippen molar-refractivity contribution < 1.29 is 30.0 Å². The van der Waals surface area contributed by atoms with Crippen LogP contribution in [0.3, 0.4) is 0 Å². The molecule has 2 aliphatic heterocycles. The number of rotatable bonds is 16. The minimum Gasteiger partial charge on any atom is -0.478 e. The summed E-state index contributed by atoms with van der Waals surface area (Å²) in [4.78, 5) is 41.2. The topological polar surface area (TPSA) is 172 Å². The highest BCUT2D eigenvalue weighted by Crippen LogP contribution is 2.40. The Labute approximate surface area is 333 Å². The second-order valence-electron chi connectivity index (χ2n) is 14.7. The van der Waals surface area contributed by atoms with Crippen molar-refractivity contribution in [1.82, 2.24) is 19.9 Å². The molecule has 0 amide bonds. The van der Waals surface area contributed by atoms with Crippen molar-refractivity contribution in [1.29, 1.82) is 0 Å². The van der Waals surface area contributed by atoms with Crippen LogP contribution >= 0.6 is 0 Å². The molecular formula is C47H52N4O6. The summed E-state index contributed by atoms with van der Waals surface area (Å²) in [7, 11) is 0. The summed E-state index contributed by atoms with van der Waals surface area (Å²) in [5, 5.41) is 43.1. The number of nitrogens with one attached hydrogen (secondary N) is 2. The molecule has 6 rings (SSSR count). The van der Waals surface area contributed by atoms with Crippen LogP contribution in [0, 0.1) is 0 Å². The molecule has 296 valence electrons. The maximum Gasteiger partial charge on any atom is 0.335 e. The molecule has 10 nitrogen and oxygen atoms in total. The van der Waals surface area contributed by atoms with E-state index in [2.05, 4.69) is 36.5 Å². The van der Waals surface area contributed by atoms with Gasteiger partial charge in [0, 0.05) is 38.8 Å². The molecule has 4 aromatic rings. The van der Waals surface area contributed by atoms with E-state index in [0.717, 1.165) is 96.8 Å². The predicted octanol–water partition coefficient (Wildman–Crippen LogP) is 10.5. The molecule has 0 saturated heterocycles. The fourth-order valence-electron chi connectivity index (χ4n) is 7.63. The molecule has 5 heterocycles. The van der Waals surface area contributed by atoms with Gasteiger partial charge in [0.05, 0.1) is 33.9 Å². The summed E-state index contributed by atoms with van der Waals surface area (Å²) in [5.74, 6) is -2.13. The van der Waals surface area contributed by atoms with E-state index in [-0.39, 0.29) is 16.8 Å². The van der Waals surface area contributed by atoms with Crippen molar-refractivity contribution >= 4 is 51.7 Å². The summed E-state index contributed by atoms with van der Waals surface area (Å²) >= 11 is 0. The summed E-state index contributed by atoms with van der Waals surface area (Å²) in [6.07, 6.45) is 15.5. The Kier molecular flexibility index (Phi) is 13.2. The van der Waals surface area contributed by atoms with Gasteiger partial charge in [0.1, 0.15) is 12.2 Å². The molecule has 6 N–H and O–H groups in total. The Morgan fingerprint density at radius 2 is 1.28 bits per heavy atom. The molecular weight excluding hydrogens is 717 g/mol. The zero-order valence-electron chi connectivity index (χ0n) is 32.9. The van der Waals surface area contributed by atoms with Crippen molar-refractivity contribution in [2.45, 2.75) is 97.2 Å². The first-order chi connectivity index (χ1) is 27.6. The minimum atomic E-state index is -1.41. The molecule has 0 aliphatic carbocycles. The average Bonchev–Trinajstić information content (AvgIpc) is 4.03. The number of aliphatic hydroxyl groups excluding tert-OH is 2. The molecule has 0 unspecified atom stereocenters. The number of aromatic carboxylic acids is 1. The van der Waals surface area contributed by atoms with Crippen molar-refractivity contribution in [3.05, 3.63) is 124 Å². The van der Waals surface area contributed by atoms with Gasteiger partial charge in [-0.25, -0.2) is 14.6 Å². The predicted molar refractivity (Wildman–Crippen MR) is 228 cm³/mol. The summed E-state index contributed by atoms with van der Waals surface area (Å²) in [5.41, 5.74) is 9.32. The summed E-state index contributed by atoms with van der Waals surface area (Å²) in [6.45, 7) is 10.3. The second kappa shape index (κ2) is 18.4. The Bertz CT molecular complexity index is 2410. The van der Waals surface area contributed by atoms with Crippen molar-refractivity contribution in [2.75, 3.05) is 0 Å². The van der Waals surface area contributed by atoms with Crippen LogP contribution in [-0.2, 0) is 17.6 Å². The third-order valence-corrected chi connectivity index (χ3v) is 10.8. The molecule has 0 saturated carbocycles. The lowest BCUT2D eigenvalue weighted by molar-refractivity contribution is -0.132. The van der Waals surface area contributed by atoms with Gasteiger partial charge in [-0.15, -0.1) is 0 Å². The zero-order valence-corrected chi connectivity index (χ0v) is 32.9. The Morgan fingerprint density at radius 3 is 1.91 bits per heavy atom. The first-order valence-electron chi connectivity index (χ1n) is 20.0. The number of hydrogen-bond acceptors (Lipinski definition) is 6. The Balaban J connectivity index is 1.74. The van der Waals surface area contributed by atoms with Gasteiger partial charge < -0.3 is 30.4 Å². The van der Waals surface area contributed by atoms with Crippen LogP contribution in [0.1, 0.15) is 134 Å². The third-order valence-electron chi connectivity index (χ3n) is 10.8. The average molecular weight is 769 g/mol. The van der Waals surface area contributed by atoms with Gasteiger partial charge in [0.15, 0.2) is 0 Å². The molecule has 57 heavy (non-hydrogen) atoms. The molecule has 1 aromatic carbocycles. The van der Waals surface area contributed by atoms with Gasteiger partial charge in [-0.05, 0) is 104 Å². The van der Waals surface area contributed by atoms with E-state index < -0.39 is 24.1 Å². The van der Waals surface area contributed by atoms with E-state index in [1.54, 1.807) is 37.3 Å².